The van der Waals surface area contributed by atoms with Gasteiger partial charge < -0.3 is 24.7 Å². The molecule has 0 saturated carbocycles. The van der Waals surface area contributed by atoms with Crippen LogP contribution in [0.2, 0.25) is 5.02 Å². The monoisotopic (exact) mass is 532 g/mol. The number of thiocarbonyl (C=S) groups is 1. The fourth-order valence-electron chi connectivity index (χ4n) is 4.47. The molecule has 0 radical (unpaired) electrons. The van der Waals surface area contributed by atoms with E-state index in [1.807, 2.05) is 84.6 Å². The SMILES string of the molecule is COCC(=O)Nc1ccc(N2C(=S)NC(c3ccccn3)C2c2ccc(-c3cc(Cl)ccc3C)o2)cc1. The Morgan fingerprint density at radius 2 is 1.97 bits per heavy atom. The highest BCUT2D eigenvalue weighted by Crippen LogP contribution is 2.43. The minimum Gasteiger partial charge on any atom is -0.459 e. The minimum absolute atomic E-state index is 0.0113. The number of halogens is 1. The van der Waals surface area contributed by atoms with E-state index >= 15 is 0 Å². The number of nitrogens with one attached hydrogen (secondary N) is 2. The van der Waals surface area contributed by atoms with Crippen LogP contribution < -0.4 is 15.5 Å². The van der Waals surface area contributed by atoms with Gasteiger partial charge in [-0.05, 0) is 85.4 Å². The van der Waals surface area contributed by atoms with Gasteiger partial charge in [0.2, 0.25) is 5.91 Å². The van der Waals surface area contributed by atoms with Crippen LogP contribution in [0.25, 0.3) is 11.3 Å². The first-order chi connectivity index (χ1) is 17.9. The molecular formula is C28H25ClN4O3S. The molecule has 188 valence electrons. The Hall–Kier alpha value is -3.72. The fraction of sp³-hybridized carbons (Fsp3) is 0.179. The summed E-state index contributed by atoms with van der Waals surface area (Å²) in [5, 5.41) is 7.43. The number of methoxy groups -OCH3 is 1. The van der Waals surface area contributed by atoms with Crippen molar-refractivity contribution in [2.45, 2.75) is 19.0 Å². The summed E-state index contributed by atoms with van der Waals surface area (Å²) < 4.78 is 11.3. The number of rotatable bonds is 7. The Morgan fingerprint density at radius 1 is 1.16 bits per heavy atom. The molecule has 37 heavy (non-hydrogen) atoms. The third kappa shape index (κ3) is 5.22. The topological polar surface area (TPSA) is 79.6 Å². The maximum absolute atomic E-state index is 11.9. The molecule has 0 bridgehead atoms. The summed E-state index contributed by atoms with van der Waals surface area (Å²) in [6.45, 7) is 2.01. The molecule has 2 aromatic carbocycles. The highest BCUT2D eigenvalue weighted by Gasteiger charge is 2.42. The van der Waals surface area contributed by atoms with Crippen LogP contribution in [-0.4, -0.2) is 29.7 Å². The third-order valence-corrected chi connectivity index (χ3v) is 6.74. The van der Waals surface area contributed by atoms with Crippen molar-refractivity contribution in [3.05, 3.63) is 101 Å². The molecule has 1 amide bonds. The van der Waals surface area contributed by atoms with Gasteiger partial charge in [0.15, 0.2) is 5.11 Å². The van der Waals surface area contributed by atoms with E-state index < -0.39 is 0 Å². The van der Waals surface area contributed by atoms with Gasteiger partial charge >= 0.3 is 0 Å². The van der Waals surface area contributed by atoms with Crippen molar-refractivity contribution >= 4 is 46.2 Å². The van der Waals surface area contributed by atoms with E-state index in [1.54, 1.807) is 6.20 Å². The molecule has 5 rings (SSSR count). The summed E-state index contributed by atoms with van der Waals surface area (Å²) in [4.78, 5) is 18.5. The average Bonchev–Trinajstić information content (AvgIpc) is 3.51. The Labute approximate surface area is 225 Å². The zero-order valence-corrected chi connectivity index (χ0v) is 21.8. The normalized spacial score (nSPS) is 17.1. The first kappa shape index (κ1) is 25.0. The largest absolute Gasteiger partial charge is 0.459 e. The summed E-state index contributed by atoms with van der Waals surface area (Å²) in [5.74, 6) is 1.24. The summed E-state index contributed by atoms with van der Waals surface area (Å²) >= 11 is 12.1. The van der Waals surface area contributed by atoms with Crippen molar-refractivity contribution in [3.63, 3.8) is 0 Å². The predicted octanol–water partition coefficient (Wildman–Crippen LogP) is 6.07. The van der Waals surface area contributed by atoms with Crippen LogP contribution in [0.5, 0.6) is 0 Å². The van der Waals surface area contributed by atoms with Gasteiger partial charge in [0, 0.05) is 35.3 Å². The lowest BCUT2D eigenvalue weighted by Crippen LogP contribution is -2.29. The molecule has 1 aliphatic rings. The second-order valence-electron chi connectivity index (χ2n) is 8.69. The van der Waals surface area contributed by atoms with Crippen molar-refractivity contribution in [3.8, 4) is 11.3 Å². The second-order valence-corrected chi connectivity index (χ2v) is 9.51. The second kappa shape index (κ2) is 10.7. The van der Waals surface area contributed by atoms with Gasteiger partial charge in [-0.15, -0.1) is 0 Å². The maximum Gasteiger partial charge on any atom is 0.250 e. The van der Waals surface area contributed by atoms with Gasteiger partial charge in [0.25, 0.3) is 0 Å². The molecule has 2 N–H and O–H groups in total. The van der Waals surface area contributed by atoms with Crippen molar-refractivity contribution in [1.82, 2.24) is 10.3 Å². The molecule has 0 spiro atoms. The van der Waals surface area contributed by atoms with Crippen molar-refractivity contribution in [2.24, 2.45) is 0 Å². The van der Waals surface area contributed by atoms with E-state index in [2.05, 4.69) is 15.6 Å². The third-order valence-electron chi connectivity index (χ3n) is 6.19. The quantitative estimate of drug-likeness (QED) is 0.280. The summed E-state index contributed by atoms with van der Waals surface area (Å²) in [7, 11) is 1.48. The number of carbonyl (C=O) groups is 1. The molecule has 1 saturated heterocycles. The number of ether oxygens (including phenoxy) is 1. The summed E-state index contributed by atoms with van der Waals surface area (Å²) in [5.41, 5.74) is 4.36. The van der Waals surface area contributed by atoms with Crippen molar-refractivity contribution < 1.29 is 13.9 Å². The standard InChI is InChI=1S/C28H25ClN4O3S/c1-17-6-7-18(29)15-21(17)23-12-13-24(36-23)27-26(22-5-3-4-14-30-22)32-28(37)33(27)20-10-8-19(9-11-20)31-25(34)16-35-2/h3-15,26-27H,16H2,1-2H3,(H,31,34)(H,32,37). The number of anilines is 2. The molecule has 7 nitrogen and oxygen atoms in total. The van der Waals surface area contributed by atoms with E-state index in [0.29, 0.717) is 15.8 Å². The van der Waals surface area contributed by atoms with E-state index in [4.69, 9.17) is 33.0 Å². The predicted molar refractivity (Wildman–Crippen MR) is 149 cm³/mol. The smallest absolute Gasteiger partial charge is 0.250 e. The maximum atomic E-state index is 11.9. The number of aromatic nitrogens is 1. The van der Waals surface area contributed by atoms with Crippen LogP contribution in [0.1, 0.15) is 29.1 Å². The van der Waals surface area contributed by atoms with Crippen molar-refractivity contribution in [2.75, 3.05) is 23.9 Å². The number of amides is 1. The zero-order valence-electron chi connectivity index (χ0n) is 20.3. The van der Waals surface area contributed by atoms with E-state index in [0.717, 1.165) is 34.0 Å². The fourth-order valence-corrected chi connectivity index (χ4v) is 4.99. The van der Waals surface area contributed by atoms with Crippen LogP contribution in [-0.2, 0) is 9.53 Å². The van der Waals surface area contributed by atoms with Crippen molar-refractivity contribution in [1.29, 1.82) is 0 Å². The zero-order chi connectivity index (χ0) is 25.9. The molecule has 1 fully saturated rings. The lowest BCUT2D eigenvalue weighted by atomic mass is 10.0. The number of carbonyl (C=O) groups excluding carboxylic acids is 1. The molecule has 2 aromatic heterocycles. The number of hydrogen-bond donors (Lipinski definition) is 2. The van der Waals surface area contributed by atoms with E-state index in [9.17, 15) is 4.79 Å². The lowest BCUT2D eigenvalue weighted by molar-refractivity contribution is -0.119. The molecule has 2 unspecified atom stereocenters. The van der Waals surface area contributed by atoms with E-state index in [-0.39, 0.29) is 24.6 Å². The highest BCUT2D eigenvalue weighted by atomic mass is 35.5. The Kier molecular flexibility index (Phi) is 7.23. The van der Waals surface area contributed by atoms with Crippen LogP contribution in [0.4, 0.5) is 11.4 Å². The Morgan fingerprint density at radius 3 is 2.70 bits per heavy atom. The number of nitrogens with zero attached hydrogens (tertiary/aromatic N) is 2. The van der Waals surface area contributed by atoms with Gasteiger partial charge in [-0.25, -0.2) is 0 Å². The number of furan rings is 1. The van der Waals surface area contributed by atoms with Crippen LogP contribution in [0, 0.1) is 6.92 Å². The molecule has 3 heterocycles. The first-order valence-electron chi connectivity index (χ1n) is 11.7. The van der Waals surface area contributed by atoms with Gasteiger partial charge in [0.05, 0.1) is 11.7 Å². The molecular weight excluding hydrogens is 508 g/mol. The summed E-state index contributed by atoms with van der Waals surface area (Å²) in [6, 6.07) is 22.4. The van der Waals surface area contributed by atoms with Crippen LogP contribution in [0.15, 0.2) is 83.4 Å². The highest BCUT2D eigenvalue weighted by molar-refractivity contribution is 7.80. The Balaban J connectivity index is 1.52. The van der Waals surface area contributed by atoms with Gasteiger partial charge in [-0.3, -0.25) is 9.78 Å². The van der Waals surface area contributed by atoms with Crippen LogP contribution in [0.3, 0.4) is 0 Å². The molecule has 4 aromatic rings. The van der Waals surface area contributed by atoms with Gasteiger partial charge in [-0.1, -0.05) is 23.7 Å². The lowest BCUT2D eigenvalue weighted by Gasteiger charge is -2.26. The summed E-state index contributed by atoms with van der Waals surface area (Å²) in [6.07, 6.45) is 1.76. The number of hydrogen-bond acceptors (Lipinski definition) is 5. The Bertz CT molecular complexity index is 1430. The molecule has 1 aliphatic heterocycles. The van der Waals surface area contributed by atoms with Gasteiger partial charge in [0.1, 0.15) is 24.2 Å². The van der Waals surface area contributed by atoms with Gasteiger partial charge in [-0.2, -0.15) is 0 Å². The molecule has 0 aliphatic carbocycles. The molecule has 9 heteroatoms. The van der Waals surface area contributed by atoms with Crippen LogP contribution >= 0.6 is 23.8 Å². The number of aryl methyl sites for hydroxylation is 1. The molecule has 2 atom stereocenters. The number of benzene rings is 2. The number of pyridine rings is 1. The van der Waals surface area contributed by atoms with E-state index in [1.165, 1.54) is 7.11 Å². The minimum atomic E-state index is -0.301. The average molecular weight is 533 g/mol. The first-order valence-corrected chi connectivity index (χ1v) is 12.5.